The third-order valence-corrected chi connectivity index (χ3v) is 4.87. The number of carbonyl (C=O) groups is 3. The lowest BCUT2D eigenvalue weighted by molar-refractivity contribution is 0.0826. The van der Waals surface area contributed by atoms with E-state index in [1.54, 1.807) is 75.8 Å². The number of rotatable bonds is 3. The number of hydrogen-bond acceptors (Lipinski definition) is 4. The SMILES string of the molecule is COc1ccc(N2C(=O)c3cccc4c(C(=O)N(C)C)ccc(c34)C2=O)cc1. The molecule has 3 aromatic rings. The molecule has 0 unspecified atom stereocenters. The van der Waals surface area contributed by atoms with Crippen LogP contribution in [0.15, 0.2) is 54.6 Å². The molecule has 0 saturated carbocycles. The van der Waals surface area contributed by atoms with Crippen molar-refractivity contribution in [3.63, 3.8) is 0 Å². The zero-order valence-corrected chi connectivity index (χ0v) is 15.7. The van der Waals surface area contributed by atoms with Crippen molar-refractivity contribution in [3.8, 4) is 5.75 Å². The molecule has 0 saturated heterocycles. The van der Waals surface area contributed by atoms with Gasteiger partial charge in [-0.05, 0) is 47.9 Å². The molecule has 1 aliphatic heterocycles. The largest absolute Gasteiger partial charge is 0.497 e. The molecule has 0 bridgehead atoms. The summed E-state index contributed by atoms with van der Waals surface area (Å²) in [6.07, 6.45) is 0. The fraction of sp³-hybridized carbons (Fsp3) is 0.136. The van der Waals surface area contributed by atoms with Gasteiger partial charge >= 0.3 is 0 Å². The van der Waals surface area contributed by atoms with Crippen LogP contribution in [0.3, 0.4) is 0 Å². The Labute approximate surface area is 161 Å². The van der Waals surface area contributed by atoms with Gasteiger partial charge in [0.2, 0.25) is 0 Å². The van der Waals surface area contributed by atoms with Crippen LogP contribution in [-0.2, 0) is 0 Å². The van der Waals surface area contributed by atoms with E-state index in [9.17, 15) is 14.4 Å². The van der Waals surface area contributed by atoms with Crippen LogP contribution in [-0.4, -0.2) is 43.8 Å². The topological polar surface area (TPSA) is 66.9 Å². The van der Waals surface area contributed by atoms with Gasteiger partial charge in [-0.1, -0.05) is 12.1 Å². The Hall–Kier alpha value is -3.67. The maximum atomic E-state index is 13.2. The van der Waals surface area contributed by atoms with Crippen molar-refractivity contribution in [1.29, 1.82) is 0 Å². The van der Waals surface area contributed by atoms with E-state index >= 15 is 0 Å². The van der Waals surface area contributed by atoms with Crippen molar-refractivity contribution in [2.24, 2.45) is 0 Å². The molecule has 3 amide bonds. The molecular formula is C22H18N2O4. The van der Waals surface area contributed by atoms with Crippen LogP contribution in [0.25, 0.3) is 10.8 Å². The van der Waals surface area contributed by atoms with Crippen molar-refractivity contribution in [2.75, 3.05) is 26.1 Å². The molecule has 0 aromatic heterocycles. The van der Waals surface area contributed by atoms with E-state index in [1.807, 2.05) is 0 Å². The minimum atomic E-state index is -0.414. The lowest BCUT2D eigenvalue weighted by Gasteiger charge is -2.28. The molecule has 4 rings (SSSR count). The molecule has 28 heavy (non-hydrogen) atoms. The van der Waals surface area contributed by atoms with Crippen LogP contribution in [0.2, 0.25) is 0 Å². The van der Waals surface area contributed by atoms with Gasteiger partial charge in [0.25, 0.3) is 17.7 Å². The summed E-state index contributed by atoms with van der Waals surface area (Å²) in [5.41, 5.74) is 1.73. The molecule has 0 N–H and O–H groups in total. The van der Waals surface area contributed by atoms with Gasteiger partial charge in [-0.3, -0.25) is 14.4 Å². The normalized spacial score (nSPS) is 13.0. The number of anilines is 1. The van der Waals surface area contributed by atoms with E-state index in [0.717, 1.165) is 4.90 Å². The smallest absolute Gasteiger partial charge is 0.265 e. The highest BCUT2D eigenvalue weighted by molar-refractivity contribution is 6.36. The van der Waals surface area contributed by atoms with Crippen LogP contribution in [0, 0.1) is 0 Å². The molecule has 140 valence electrons. The fourth-order valence-corrected chi connectivity index (χ4v) is 3.49. The first kappa shape index (κ1) is 17.7. The van der Waals surface area contributed by atoms with Gasteiger partial charge in [-0.25, -0.2) is 4.90 Å². The number of hydrogen-bond donors (Lipinski definition) is 0. The molecule has 0 fully saturated rings. The predicted octanol–water partition coefficient (Wildman–Crippen LogP) is 3.35. The third-order valence-electron chi connectivity index (χ3n) is 4.87. The summed E-state index contributed by atoms with van der Waals surface area (Å²) < 4.78 is 5.14. The molecule has 0 aliphatic carbocycles. The van der Waals surface area contributed by atoms with Crippen LogP contribution in [0.1, 0.15) is 31.1 Å². The van der Waals surface area contributed by atoms with Gasteiger partial charge in [0.05, 0.1) is 12.8 Å². The molecule has 3 aromatic carbocycles. The second kappa shape index (κ2) is 6.49. The predicted molar refractivity (Wildman–Crippen MR) is 106 cm³/mol. The van der Waals surface area contributed by atoms with Gasteiger partial charge in [0.15, 0.2) is 0 Å². The fourth-order valence-electron chi connectivity index (χ4n) is 3.49. The first-order valence-electron chi connectivity index (χ1n) is 8.74. The zero-order valence-electron chi connectivity index (χ0n) is 15.7. The number of nitrogens with zero attached hydrogens (tertiary/aromatic N) is 2. The minimum absolute atomic E-state index is 0.179. The van der Waals surface area contributed by atoms with Crippen LogP contribution < -0.4 is 9.64 Å². The van der Waals surface area contributed by atoms with Crippen LogP contribution >= 0.6 is 0 Å². The summed E-state index contributed by atoms with van der Waals surface area (Å²) in [4.78, 5) is 41.5. The third kappa shape index (κ3) is 2.53. The van der Waals surface area contributed by atoms with Crippen LogP contribution in [0.5, 0.6) is 5.75 Å². The maximum absolute atomic E-state index is 13.2. The van der Waals surface area contributed by atoms with Gasteiger partial charge in [-0.15, -0.1) is 0 Å². The number of imide groups is 1. The Kier molecular flexibility index (Phi) is 4.11. The lowest BCUT2D eigenvalue weighted by Crippen LogP contribution is -2.40. The second-order valence-corrected chi connectivity index (χ2v) is 6.73. The number of carbonyl (C=O) groups excluding carboxylic acids is 3. The van der Waals surface area contributed by atoms with Gasteiger partial charge in [0, 0.05) is 36.2 Å². The lowest BCUT2D eigenvalue weighted by atomic mass is 9.90. The first-order chi connectivity index (χ1) is 13.4. The quantitative estimate of drug-likeness (QED) is 0.660. The highest BCUT2D eigenvalue weighted by atomic mass is 16.5. The molecular weight excluding hydrogens is 356 g/mol. The summed E-state index contributed by atoms with van der Waals surface area (Å²) in [6, 6.07) is 15.2. The Bertz CT molecular complexity index is 1110. The summed E-state index contributed by atoms with van der Waals surface area (Å²) >= 11 is 0. The monoisotopic (exact) mass is 374 g/mol. The molecule has 0 atom stereocenters. The standard InChI is InChI=1S/C22H18N2O4/c1-23(2)20(25)16-11-12-18-19-15(16)5-4-6-17(19)21(26)24(22(18)27)13-7-9-14(28-3)10-8-13/h4-12H,1-3H3. The van der Waals surface area contributed by atoms with Crippen molar-refractivity contribution >= 4 is 34.2 Å². The summed E-state index contributed by atoms with van der Waals surface area (Å²) in [5.74, 6) is -0.374. The van der Waals surface area contributed by atoms with Crippen molar-refractivity contribution < 1.29 is 19.1 Å². The Morgan fingerprint density at radius 1 is 0.893 bits per heavy atom. The molecule has 0 spiro atoms. The summed E-state index contributed by atoms with van der Waals surface area (Å²) in [5, 5.41) is 1.12. The first-order valence-corrected chi connectivity index (χ1v) is 8.74. The van der Waals surface area contributed by atoms with E-state index in [4.69, 9.17) is 4.74 Å². The minimum Gasteiger partial charge on any atom is -0.497 e. The summed E-state index contributed by atoms with van der Waals surface area (Å²) in [6.45, 7) is 0. The molecule has 1 aliphatic rings. The average molecular weight is 374 g/mol. The highest BCUT2D eigenvalue weighted by Crippen LogP contribution is 2.35. The van der Waals surface area contributed by atoms with Crippen molar-refractivity contribution in [3.05, 3.63) is 71.3 Å². The van der Waals surface area contributed by atoms with E-state index in [0.29, 0.717) is 38.9 Å². The van der Waals surface area contributed by atoms with E-state index in [1.165, 1.54) is 4.90 Å². The van der Waals surface area contributed by atoms with E-state index in [2.05, 4.69) is 0 Å². The number of amides is 3. The van der Waals surface area contributed by atoms with Crippen molar-refractivity contribution in [2.45, 2.75) is 0 Å². The molecule has 0 radical (unpaired) electrons. The molecule has 1 heterocycles. The van der Waals surface area contributed by atoms with Crippen molar-refractivity contribution in [1.82, 2.24) is 4.90 Å². The molecule has 6 heteroatoms. The average Bonchev–Trinajstić information content (AvgIpc) is 2.71. The number of ether oxygens (including phenoxy) is 1. The number of methoxy groups -OCH3 is 1. The van der Waals surface area contributed by atoms with Gasteiger partial charge in [0.1, 0.15) is 5.75 Å². The molecule has 6 nitrogen and oxygen atoms in total. The van der Waals surface area contributed by atoms with E-state index < -0.39 is 11.8 Å². The Morgan fingerprint density at radius 3 is 2.14 bits per heavy atom. The number of benzene rings is 3. The second-order valence-electron chi connectivity index (χ2n) is 6.73. The summed E-state index contributed by atoms with van der Waals surface area (Å²) in [7, 11) is 4.88. The zero-order chi connectivity index (χ0) is 20.0. The Morgan fingerprint density at radius 2 is 1.54 bits per heavy atom. The van der Waals surface area contributed by atoms with Gasteiger partial charge in [-0.2, -0.15) is 0 Å². The van der Waals surface area contributed by atoms with E-state index in [-0.39, 0.29) is 5.91 Å². The highest BCUT2D eigenvalue weighted by Gasteiger charge is 2.35. The van der Waals surface area contributed by atoms with Gasteiger partial charge < -0.3 is 9.64 Å². The van der Waals surface area contributed by atoms with Crippen LogP contribution in [0.4, 0.5) is 5.69 Å². The maximum Gasteiger partial charge on any atom is 0.265 e. The Balaban J connectivity index is 1.91.